The molecule has 3 heterocycles. The van der Waals surface area contributed by atoms with Crippen LogP contribution in [0.2, 0.25) is 0 Å². The number of anilines is 1. The minimum atomic E-state index is -1.75. The third kappa shape index (κ3) is 3.68. The third-order valence-electron chi connectivity index (χ3n) is 6.14. The van der Waals surface area contributed by atoms with E-state index >= 15 is 0 Å². The van der Waals surface area contributed by atoms with E-state index in [0.29, 0.717) is 30.8 Å². The number of benzene rings is 1. The first-order valence-electron chi connectivity index (χ1n) is 10.5. The minimum absolute atomic E-state index is 0.0908. The van der Waals surface area contributed by atoms with Crippen LogP contribution in [-0.4, -0.2) is 60.1 Å². The van der Waals surface area contributed by atoms with E-state index in [0.717, 1.165) is 16.9 Å². The first-order valence-corrected chi connectivity index (χ1v) is 10.5. The van der Waals surface area contributed by atoms with Gasteiger partial charge in [0.2, 0.25) is 0 Å². The van der Waals surface area contributed by atoms with Crippen molar-refractivity contribution in [3.8, 4) is 0 Å². The summed E-state index contributed by atoms with van der Waals surface area (Å²) >= 11 is 0. The Hall–Kier alpha value is -3.49. The topological polar surface area (TPSA) is 94.6 Å². The summed E-state index contributed by atoms with van der Waals surface area (Å²) in [5.41, 5.74) is 1.20. The molecule has 2 saturated heterocycles. The molecule has 0 aliphatic carbocycles. The summed E-state index contributed by atoms with van der Waals surface area (Å²) < 4.78 is 13.7. The number of piperazine rings is 1. The fraction of sp³-hybridized carbons (Fsp3) is 0.391. The Kier molecular flexibility index (Phi) is 5.58. The van der Waals surface area contributed by atoms with Gasteiger partial charge in [-0.25, -0.2) is 14.2 Å². The molecular formula is C23H26FN5O3. The van der Waals surface area contributed by atoms with Crippen molar-refractivity contribution in [1.82, 2.24) is 20.5 Å². The zero-order valence-electron chi connectivity index (χ0n) is 18.3. The fourth-order valence-electron chi connectivity index (χ4n) is 4.41. The molecule has 0 radical (unpaired) electrons. The van der Waals surface area contributed by atoms with Gasteiger partial charge in [0.1, 0.15) is 12.5 Å². The molecule has 32 heavy (non-hydrogen) atoms. The summed E-state index contributed by atoms with van der Waals surface area (Å²) in [5, 5.41) is 4.41. The Bertz CT molecular complexity index is 1070. The maximum atomic E-state index is 13.7. The van der Waals surface area contributed by atoms with Gasteiger partial charge >= 0.3 is 6.03 Å². The highest BCUT2D eigenvalue weighted by molar-refractivity contribution is 6.07. The summed E-state index contributed by atoms with van der Waals surface area (Å²) in [5.74, 6) is 0.0628. The van der Waals surface area contributed by atoms with Crippen LogP contribution < -0.4 is 15.5 Å². The number of alkyl halides is 1. The van der Waals surface area contributed by atoms with Gasteiger partial charge in [0.05, 0.1) is 0 Å². The van der Waals surface area contributed by atoms with E-state index in [2.05, 4.69) is 33.5 Å². The minimum Gasteiger partial charge on any atom is -0.350 e. The summed E-state index contributed by atoms with van der Waals surface area (Å²) in [4.78, 5) is 45.3. The van der Waals surface area contributed by atoms with Gasteiger partial charge in [-0.3, -0.25) is 14.9 Å². The lowest BCUT2D eigenvalue weighted by Gasteiger charge is -2.41. The molecule has 0 spiro atoms. The molecule has 2 aromatic rings. The lowest BCUT2D eigenvalue weighted by atomic mass is 9.90. The Morgan fingerprint density at radius 2 is 1.94 bits per heavy atom. The number of pyridine rings is 1. The monoisotopic (exact) mass is 439 g/mol. The van der Waals surface area contributed by atoms with Crippen LogP contribution >= 0.6 is 0 Å². The van der Waals surface area contributed by atoms with Gasteiger partial charge in [-0.1, -0.05) is 18.2 Å². The van der Waals surface area contributed by atoms with Gasteiger partial charge in [0.15, 0.2) is 5.54 Å². The largest absolute Gasteiger partial charge is 0.350 e. The number of carbonyl (C=O) groups excluding carboxylic acids is 3. The first-order chi connectivity index (χ1) is 15.2. The molecule has 2 unspecified atom stereocenters. The number of rotatable bonds is 4. The third-order valence-corrected chi connectivity index (χ3v) is 6.14. The van der Waals surface area contributed by atoms with E-state index in [9.17, 15) is 18.8 Å². The van der Waals surface area contributed by atoms with Crippen molar-refractivity contribution in [2.24, 2.45) is 0 Å². The average molecular weight is 439 g/mol. The number of carbonyl (C=O) groups is 3. The van der Waals surface area contributed by atoms with Crippen molar-refractivity contribution in [3.63, 3.8) is 0 Å². The van der Waals surface area contributed by atoms with Gasteiger partial charge in [-0.05, 0) is 49.6 Å². The highest BCUT2D eigenvalue weighted by atomic mass is 19.1. The van der Waals surface area contributed by atoms with Crippen LogP contribution in [0.1, 0.15) is 34.0 Å². The molecule has 2 N–H and O–H groups in total. The molecule has 2 fully saturated rings. The van der Waals surface area contributed by atoms with Crippen LogP contribution in [0.5, 0.6) is 0 Å². The highest BCUT2D eigenvalue weighted by Crippen LogP contribution is 2.27. The highest BCUT2D eigenvalue weighted by Gasteiger charge is 2.48. The number of imide groups is 1. The summed E-state index contributed by atoms with van der Waals surface area (Å²) in [6, 6.07) is 7.61. The SMILES string of the molecule is Cc1cnc(N2CCN(C(=O)c3ccc(C4(CF)NC(=O)NC4=O)cc3)CC2C)c(C)c1. The maximum Gasteiger partial charge on any atom is 0.322 e. The van der Waals surface area contributed by atoms with Crippen molar-refractivity contribution < 1.29 is 18.8 Å². The molecule has 0 saturated carbocycles. The molecule has 168 valence electrons. The van der Waals surface area contributed by atoms with Crippen LogP contribution in [-0.2, 0) is 10.3 Å². The van der Waals surface area contributed by atoms with Crippen molar-refractivity contribution in [1.29, 1.82) is 0 Å². The first kappa shape index (κ1) is 21.7. The van der Waals surface area contributed by atoms with E-state index in [1.54, 1.807) is 17.0 Å². The normalized spacial score (nSPS) is 23.2. The number of aromatic nitrogens is 1. The second-order valence-corrected chi connectivity index (χ2v) is 8.47. The fourth-order valence-corrected chi connectivity index (χ4v) is 4.41. The van der Waals surface area contributed by atoms with Crippen LogP contribution in [0.25, 0.3) is 0 Å². The van der Waals surface area contributed by atoms with Crippen LogP contribution in [0.15, 0.2) is 36.5 Å². The number of halogens is 1. The number of nitrogens with one attached hydrogen (secondary N) is 2. The molecule has 1 aromatic carbocycles. The number of nitrogens with zero attached hydrogens (tertiary/aromatic N) is 3. The van der Waals surface area contributed by atoms with Gasteiger partial charge in [-0.15, -0.1) is 0 Å². The van der Waals surface area contributed by atoms with Crippen molar-refractivity contribution >= 4 is 23.7 Å². The summed E-state index contributed by atoms with van der Waals surface area (Å²) in [6.45, 7) is 6.80. The number of hydrogen-bond donors (Lipinski definition) is 2. The summed E-state index contributed by atoms with van der Waals surface area (Å²) in [7, 11) is 0. The molecule has 8 nitrogen and oxygen atoms in total. The molecule has 4 rings (SSSR count). The van der Waals surface area contributed by atoms with Crippen LogP contribution in [0.3, 0.4) is 0 Å². The van der Waals surface area contributed by atoms with Gasteiger partial charge in [-0.2, -0.15) is 0 Å². The van der Waals surface area contributed by atoms with Crippen LogP contribution in [0.4, 0.5) is 15.0 Å². The van der Waals surface area contributed by atoms with Gasteiger partial charge in [0, 0.05) is 37.4 Å². The molecule has 4 amide bonds. The van der Waals surface area contributed by atoms with E-state index in [4.69, 9.17) is 0 Å². The average Bonchev–Trinajstić information content (AvgIpc) is 3.08. The smallest absolute Gasteiger partial charge is 0.322 e. The number of aryl methyl sites for hydroxylation is 2. The Labute approximate surface area is 185 Å². The lowest BCUT2D eigenvalue weighted by Crippen LogP contribution is -2.54. The van der Waals surface area contributed by atoms with E-state index in [1.807, 2.05) is 20.0 Å². The van der Waals surface area contributed by atoms with E-state index in [1.165, 1.54) is 12.1 Å². The zero-order valence-corrected chi connectivity index (χ0v) is 18.3. The van der Waals surface area contributed by atoms with Gasteiger partial charge < -0.3 is 15.1 Å². The number of amides is 4. The van der Waals surface area contributed by atoms with Crippen LogP contribution in [0, 0.1) is 13.8 Å². The predicted molar refractivity (Wildman–Crippen MR) is 117 cm³/mol. The van der Waals surface area contributed by atoms with Crippen molar-refractivity contribution in [3.05, 3.63) is 58.8 Å². The Balaban J connectivity index is 1.47. The molecular weight excluding hydrogens is 413 g/mol. The van der Waals surface area contributed by atoms with E-state index < -0.39 is 24.2 Å². The molecule has 0 bridgehead atoms. The quantitative estimate of drug-likeness (QED) is 0.711. The van der Waals surface area contributed by atoms with Crippen molar-refractivity contribution in [2.75, 3.05) is 31.2 Å². The van der Waals surface area contributed by atoms with Gasteiger partial charge in [0.25, 0.3) is 11.8 Å². The standard InChI is InChI=1S/C23H26FN5O3/c1-14-10-15(2)19(25-11-14)29-9-8-28(12-16(29)3)20(30)17-4-6-18(7-5-17)23(13-24)21(31)26-22(32)27-23/h4-7,10-11,16H,8-9,12-13H2,1-3H3,(H2,26,27,31,32). The lowest BCUT2D eigenvalue weighted by molar-refractivity contribution is -0.124. The Morgan fingerprint density at radius 3 is 2.50 bits per heavy atom. The number of hydrogen-bond acceptors (Lipinski definition) is 5. The maximum absolute atomic E-state index is 13.7. The molecule has 2 atom stereocenters. The van der Waals surface area contributed by atoms with Crippen molar-refractivity contribution in [2.45, 2.75) is 32.4 Å². The number of urea groups is 1. The predicted octanol–water partition coefficient (Wildman–Crippen LogP) is 2.05. The van der Waals surface area contributed by atoms with E-state index in [-0.39, 0.29) is 11.9 Å². The molecule has 1 aromatic heterocycles. The molecule has 2 aliphatic heterocycles. The Morgan fingerprint density at radius 1 is 1.22 bits per heavy atom. The second kappa shape index (κ2) is 8.22. The summed E-state index contributed by atoms with van der Waals surface area (Å²) in [6.07, 6.45) is 1.85. The second-order valence-electron chi connectivity index (χ2n) is 8.47. The zero-order chi connectivity index (χ0) is 23.0. The molecule has 2 aliphatic rings. The molecule has 9 heteroatoms.